The van der Waals surface area contributed by atoms with Crippen molar-refractivity contribution in [1.29, 1.82) is 0 Å². The fraction of sp³-hybridized carbons (Fsp3) is 0.517. The van der Waals surface area contributed by atoms with Crippen LogP contribution in [0.25, 0.3) is 10.9 Å². The van der Waals surface area contributed by atoms with Crippen LogP contribution in [0.3, 0.4) is 0 Å². The number of nitrogens with zero attached hydrogens (tertiary/aromatic N) is 8. The summed E-state index contributed by atoms with van der Waals surface area (Å²) in [5.41, 5.74) is 4.05. The zero-order chi connectivity index (χ0) is 54.1. The number of ether oxygens (including phenoxy) is 6. The summed E-state index contributed by atoms with van der Waals surface area (Å²) >= 11 is 5.92. The second kappa shape index (κ2) is 31.6. The van der Waals surface area contributed by atoms with E-state index in [1.165, 1.54) is 25.7 Å². The maximum absolute atomic E-state index is 12.6. The van der Waals surface area contributed by atoms with Crippen molar-refractivity contribution < 1.29 is 33.2 Å². The molecule has 416 valence electrons. The molecule has 0 atom stereocenters. The standard InChI is InChI=1S/C60H82ClN9O7/c1-60(2,3)48-18-20-50(21-19-48)68(5)46-57-63-56-17-10-9-16-55(56)59(64-57)62-30-12-31-67(4)32-35-72-37-39-74-41-42-75-40-38-73-36-33-69-45-49(65-66-69)15-11-34-76-52-26-28-54(29-27-52)77-53-24-22-51(23-25-53)70(58(71)43-61)44-47-13-7-6-8-14-47/h6-10,13-14,16-17,22-29,45,48,50H,11-12,15,18-21,30-44,46H2,1-5H3,(H,62,63,64). The Labute approximate surface area is 461 Å². The summed E-state index contributed by atoms with van der Waals surface area (Å²) in [6.07, 6.45) is 9.56. The number of amides is 1. The first-order valence-electron chi connectivity index (χ1n) is 27.5. The monoisotopic (exact) mass is 1080 g/mol. The number of hydrogen-bond acceptors (Lipinski definition) is 14. The van der Waals surface area contributed by atoms with E-state index in [0.717, 1.165) is 96.6 Å². The number of aromatic nitrogens is 5. The summed E-state index contributed by atoms with van der Waals surface area (Å²) in [6, 6.07) is 33.6. The number of para-hydroxylation sites is 1. The average Bonchev–Trinajstić information content (AvgIpc) is 3.90. The molecule has 17 heteroatoms. The highest BCUT2D eigenvalue weighted by Crippen LogP contribution is 2.39. The van der Waals surface area contributed by atoms with Crippen molar-refractivity contribution in [3.8, 4) is 17.2 Å². The van der Waals surface area contributed by atoms with Crippen LogP contribution in [-0.4, -0.2) is 146 Å². The topological polar surface area (TPSA) is 151 Å². The van der Waals surface area contributed by atoms with Crippen LogP contribution in [0.5, 0.6) is 17.2 Å². The van der Waals surface area contributed by atoms with Gasteiger partial charge in [-0.15, -0.1) is 16.7 Å². The third kappa shape index (κ3) is 20.2. The van der Waals surface area contributed by atoms with Crippen molar-refractivity contribution in [2.45, 2.75) is 91.4 Å². The molecule has 0 saturated heterocycles. The number of rotatable bonds is 34. The Morgan fingerprint density at radius 1 is 0.701 bits per heavy atom. The molecule has 2 aromatic heterocycles. The van der Waals surface area contributed by atoms with Crippen LogP contribution in [0.1, 0.15) is 76.4 Å². The molecule has 1 fully saturated rings. The number of nitrogens with one attached hydrogen (secondary N) is 1. The van der Waals surface area contributed by atoms with Gasteiger partial charge in [0.25, 0.3) is 0 Å². The van der Waals surface area contributed by atoms with Gasteiger partial charge in [0.2, 0.25) is 5.91 Å². The first-order chi connectivity index (χ1) is 37.5. The number of fused-ring (bicyclic) bond motifs is 1. The second-order valence-electron chi connectivity index (χ2n) is 20.9. The van der Waals surface area contributed by atoms with Gasteiger partial charge in [0, 0.05) is 36.4 Å². The molecule has 77 heavy (non-hydrogen) atoms. The molecule has 6 aromatic rings. The second-order valence-corrected chi connectivity index (χ2v) is 21.2. The Morgan fingerprint density at radius 3 is 2.03 bits per heavy atom. The third-order valence-corrected chi connectivity index (χ3v) is 14.3. The maximum atomic E-state index is 12.6. The van der Waals surface area contributed by atoms with E-state index in [4.69, 9.17) is 50.0 Å². The number of carbonyl (C=O) groups is 1. The highest BCUT2D eigenvalue weighted by atomic mass is 35.5. The lowest BCUT2D eigenvalue weighted by Gasteiger charge is -2.39. The van der Waals surface area contributed by atoms with Crippen LogP contribution in [0, 0.1) is 11.3 Å². The fourth-order valence-electron chi connectivity index (χ4n) is 9.47. The maximum Gasteiger partial charge on any atom is 0.242 e. The van der Waals surface area contributed by atoms with Gasteiger partial charge in [-0.25, -0.2) is 14.6 Å². The minimum absolute atomic E-state index is 0.0999. The largest absolute Gasteiger partial charge is 0.494 e. The first kappa shape index (κ1) is 59.0. The molecule has 16 nitrogen and oxygen atoms in total. The molecule has 1 aliphatic carbocycles. The minimum atomic E-state index is -0.167. The van der Waals surface area contributed by atoms with E-state index < -0.39 is 0 Å². The zero-order valence-electron chi connectivity index (χ0n) is 46.1. The number of benzene rings is 4. The smallest absolute Gasteiger partial charge is 0.242 e. The summed E-state index contributed by atoms with van der Waals surface area (Å²) in [7, 11) is 4.37. The van der Waals surface area contributed by atoms with E-state index in [9.17, 15) is 4.79 Å². The molecule has 0 aliphatic heterocycles. The quantitative estimate of drug-likeness (QED) is 0.0301. The Bertz CT molecular complexity index is 2610. The lowest BCUT2D eigenvalue weighted by atomic mass is 9.71. The molecular formula is C60H82ClN9O7. The van der Waals surface area contributed by atoms with Crippen molar-refractivity contribution in [2.75, 3.05) is 109 Å². The van der Waals surface area contributed by atoms with Crippen LogP contribution >= 0.6 is 11.6 Å². The normalized spacial score (nSPS) is 14.9. The zero-order valence-corrected chi connectivity index (χ0v) is 46.9. The molecule has 7 rings (SSSR count). The molecule has 1 aliphatic rings. The van der Waals surface area contributed by atoms with Crippen LogP contribution in [0.4, 0.5) is 11.5 Å². The summed E-state index contributed by atoms with van der Waals surface area (Å²) in [5, 5.41) is 13.2. The molecule has 1 amide bonds. The number of halogens is 1. The predicted octanol–water partition coefficient (Wildman–Crippen LogP) is 10.3. The van der Waals surface area contributed by atoms with Gasteiger partial charge in [-0.05, 0) is 143 Å². The van der Waals surface area contributed by atoms with Crippen LogP contribution in [0.2, 0.25) is 0 Å². The van der Waals surface area contributed by atoms with Gasteiger partial charge in [-0.1, -0.05) is 68.4 Å². The van der Waals surface area contributed by atoms with E-state index in [-0.39, 0.29) is 11.8 Å². The Morgan fingerprint density at radius 2 is 1.34 bits per heavy atom. The van der Waals surface area contributed by atoms with Gasteiger partial charge in [-0.2, -0.15) is 0 Å². The lowest BCUT2D eigenvalue weighted by molar-refractivity contribution is -0.116. The van der Waals surface area contributed by atoms with Gasteiger partial charge in [0.15, 0.2) is 0 Å². The van der Waals surface area contributed by atoms with Crippen molar-refractivity contribution in [3.63, 3.8) is 0 Å². The SMILES string of the molecule is CN(CCCNc1nc(CN(C)C2CCC(C(C)(C)C)CC2)nc2ccccc12)CCOCCOCCOCCOCCn1cc(CCCOc2ccc(Oc3ccc(N(Cc4ccccc4)C(=O)CCl)cc3)cc2)nn1. The average molecular weight is 1080 g/mol. The number of hydrogen-bond donors (Lipinski definition) is 1. The van der Waals surface area contributed by atoms with Crippen molar-refractivity contribution in [1.82, 2.24) is 34.8 Å². The molecule has 0 radical (unpaired) electrons. The molecule has 2 heterocycles. The Balaban J connectivity index is 0.650. The molecule has 1 N–H and O–H groups in total. The highest BCUT2D eigenvalue weighted by molar-refractivity contribution is 6.29. The van der Waals surface area contributed by atoms with E-state index in [1.807, 2.05) is 85.1 Å². The van der Waals surface area contributed by atoms with Crippen LogP contribution < -0.4 is 19.7 Å². The Kier molecular flexibility index (Phi) is 24.2. The first-order valence-corrected chi connectivity index (χ1v) is 28.0. The predicted molar refractivity (Wildman–Crippen MR) is 305 cm³/mol. The lowest BCUT2D eigenvalue weighted by Crippen LogP contribution is -2.37. The van der Waals surface area contributed by atoms with Crippen LogP contribution in [0.15, 0.2) is 109 Å². The van der Waals surface area contributed by atoms with Crippen molar-refractivity contribution in [3.05, 3.63) is 126 Å². The molecule has 0 bridgehead atoms. The van der Waals surface area contributed by atoms with E-state index in [2.05, 4.69) is 84.6 Å². The molecule has 4 aromatic carbocycles. The highest BCUT2D eigenvalue weighted by Gasteiger charge is 2.31. The molecule has 0 unspecified atom stereocenters. The number of anilines is 2. The van der Waals surface area contributed by atoms with Gasteiger partial charge in [0.1, 0.15) is 34.8 Å². The number of aryl methyl sites for hydroxylation is 1. The number of alkyl halides is 1. The third-order valence-electron chi connectivity index (χ3n) is 14.0. The van der Waals surface area contributed by atoms with Gasteiger partial charge >= 0.3 is 0 Å². The van der Waals surface area contributed by atoms with Crippen molar-refractivity contribution in [2.24, 2.45) is 11.3 Å². The van der Waals surface area contributed by atoms with E-state index in [0.29, 0.717) is 95.5 Å². The van der Waals surface area contributed by atoms with E-state index in [1.54, 1.807) is 9.58 Å². The summed E-state index contributed by atoms with van der Waals surface area (Å²) < 4.78 is 36.8. The minimum Gasteiger partial charge on any atom is -0.494 e. The fourth-order valence-corrected chi connectivity index (χ4v) is 9.62. The van der Waals surface area contributed by atoms with Gasteiger partial charge in [-0.3, -0.25) is 9.69 Å². The van der Waals surface area contributed by atoms with Gasteiger partial charge < -0.3 is 43.5 Å². The van der Waals surface area contributed by atoms with Crippen LogP contribution in [-0.2, 0) is 49.8 Å². The molecule has 0 spiro atoms. The van der Waals surface area contributed by atoms with Crippen molar-refractivity contribution >= 4 is 39.9 Å². The Hall–Kier alpha value is -5.72. The number of likely N-dealkylation sites (N-methyl/N-ethyl adjacent to an activating group) is 1. The molecular weight excluding hydrogens is 994 g/mol. The summed E-state index contributed by atoms with van der Waals surface area (Å²) in [4.78, 5) is 29.0. The summed E-state index contributed by atoms with van der Waals surface area (Å²) in [5.74, 6) is 4.42. The molecule has 1 saturated carbocycles. The van der Waals surface area contributed by atoms with Gasteiger partial charge in [0.05, 0.1) is 90.3 Å². The van der Waals surface area contributed by atoms with E-state index >= 15 is 0 Å². The number of carbonyl (C=O) groups excluding carboxylic acids is 1. The summed E-state index contributed by atoms with van der Waals surface area (Å²) in [6.45, 7) is 16.4.